The van der Waals surface area contributed by atoms with Crippen LogP contribution in [0.15, 0.2) is 29.3 Å². The van der Waals surface area contributed by atoms with Gasteiger partial charge in [-0.1, -0.05) is 31.2 Å². The number of likely N-dealkylation sites (tertiary alicyclic amines) is 1. The van der Waals surface area contributed by atoms with Crippen LogP contribution in [-0.2, 0) is 22.6 Å². The number of nitrogens with one attached hydrogen (secondary N) is 1. The highest BCUT2D eigenvalue weighted by Gasteiger charge is 2.23. The predicted octanol–water partition coefficient (Wildman–Crippen LogP) is 3.88. The van der Waals surface area contributed by atoms with Crippen LogP contribution in [0.1, 0.15) is 50.2 Å². The van der Waals surface area contributed by atoms with Gasteiger partial charge in [0.2, 0.25) is 0 Å². The summed E-state index contributed by atoms with van der Waals surface area (Å²) in [6.07, 6.45) is 6.36. The van der Waals surface area contributed by atoms with Crippen molar-refractivity contribution in [3.05, 3.63) is 35.4 Å². The van der Waals surface area contributed by atoms with Crippen molar-refractivity contribution in [1.29, 1.82) is 0 Å². The van der Waals surface area contributed by atoms with E-state index in [-0.39, 0.29) is 24.0 Å². The summed E-state index contributed by atoms with van der Waals surface area (Å²) >= 11 is 0. The number of nitrogens with zero attached hydrogens (tertiary/aromatic N) is 3. The van der Waals surface area contributed by atoms with Crippen LogP contribution in [0.4, 0.5) is 0 Å². The summed E-state index contributed by atoms with van der Waals surface area (Å²) in [6.45, 7) is 8.64. The number of rotatable bonds is 8. The molecular formula is C24H41IN4O2. The molecule has 0 spiro atoms. The molecule has 1 aromatic carbocycles. The first-order valence-electron chi connectivity index (χ1n) is 11.6. The molecular weight excluding hydrogens is 503 g/mol. The zero-order valence-electron chi connectivity index (χ0n) is 19.5. The first-order valence-corrected chi connectivity index (χ1v) is 11.6. The lowest BCUT2D eigenvalue weighted by molar-refractivity contribution is -0.0721. The van der Waals surface area contributed by atoms with Gasteiger partial charge in [-0.25, -0.2) is 0 Å². The van der Waals surface area contributed by atoms with E-state index in [0.29, 0.717) is 12.2 Å². The van der Waals surface area contributed by atoms with Gasteiger partial charge >= 0.3 is 0 Å². The Balaban J connectivity index is 0.00000341. The molecule has 0 aromatic heterocycles. The minimum absolute atomic E-state index is 0. The molecule has 3 rings (SSSR count). The third-order valence-corrected chi connectivity index (χ3v) is 6.18. The Morgan fingerprint density at radius 3 is 2.68 bits per heavy atom. The molecule has 1 unspecified atom stereocenters. The monoisotopic (exact) mass is 544 g/mol. The Morgan fingerprint density at radius 2 is 2.00 bits per heavy atom. The lowest BCUT2D eigenvalue weighted by Gasteiger charge is -2.35. The molecule has 31 heavy (non-hydrogen) atoms. The zero-order chi connectivity index (χ0) is 21.2. The highest BCUT2D eigenvalue weighted by atomic mass is 127. The Labute approximate surface area is 205 Å². The van der Waals surface area contributed by atoms with Gasteiger partial charge in [0.25, 0.3) is 0 Å². The van der Waals surface area contributed by atoms with Crippen LogP contribution in [0.3, 0.4) is 0 Å². The van der Waals surface area contributed by atoms with Crippen LogP contribution in [0.25, 0.3) is 0 Å². The van der Waals surface area contributed by atoms with Crippen molar-refractivity contribution < 1.29 is 9.47 Å². The predicted molar refractivity (Wildman–Crippen MR) is 138 cm³/mol. The summed E-state index contributed by atoms with van der Waals surface area (Å²) < 4.78 is 11.9. The van der Waals surface area contributed by atoms with Crippen molar-refractivity contribution in [3.8, 4) is 0 Å². The number of guanidine groups is 1. The molecule has 7 heteroatoms. The van der Waals surface area contributed by atoms with Gasteiger partial charge in [-0.3, -0.25) is 4.99 Å². The third kappa shape index (κ3) is 8.86. The molecule has 2 fully saturated rings. The normalized spacial score (nSPS) is 20.6. The number of hydrogen-bond acceptors (Lipinski definition) is 4. The lowest BCUT2D eigenvalue weighted by Crippen LogP contribution is -2.47. The van der Waals surface area contributed by atoms with E-state index in [1.807, 2.05) is 7.05 Å². The van der Waals surface area contributed by atoms with Gasteiger partial charge in [0.05, 0.1) is 18.8 Å². The molecule has 1 aromatic rings. The molecule has 2 saturated heterocycles. The summed E-state index contributed by atoms with van der Waals surface area (Å²) in [6, 6.07) is 8.83. The van der Waals surface area contributed by atoms with Gasteiger partial charge in [0.1, 0.15) is 0 Å². The maximum Gasteiger partial charge on any atom is 0.193 e. The van der Waals surface area contributed by atoms with Crippen LogP contribution in [0, 0.1) is 0 Å². The summed E-state index contributed by atoms with van der Waals surface area (Å²) in [5.41, 5.74) is 2.65. The molecule has 0 saturated carbocycles. The molecule has 2 aliphatic rings. The van der Waals surface area contributed by atoms with Crippen molar-refractivity contribution in [3.63, 3.8) is 0 Å². The summed E-state index contributed by atoms with van der Waals surface area (Å²) in [5, 5.41) is 3.55. The smallest absolute Gasteiger partial charge is 0.193 e. The lowest BCUT2D eigenvalue weighted by atomic mass is 10.1. The van der Waals surface area contributed by atoms with Gasteiger partial charge in [0, 0.05) is 39.8 Å². The molecule has 0 amide bonds. The van der Waals surface area contributed by atoms with Crippen LogP contribution in [-0.4, -0.2) is 74.9 Å². The minimum atomic E-state index is 0. The first-order chi connectivity index (χ1) is 14.7. The minimum Gasteiger partial charge on any atom is -0.376 e. The Kier molecular flexibility index (Phi) is 12.1. The molecule has 1 N–H and O–H groups in total. The highest BCUT2D eigenvalue weighted by Crippen LogP contribution is 2.18. The van der Waals surface area contributed by atoms with Crippen LogP contribution in [0.5, 0.6) is 0 Å². The Bertz CT molecular complexity index is 659. The maximum atomic E-state index is 6.15. The average molecular weight is 545 g/mol. The van der Waals surface area contributed by atoms with Crippen molar-refractivity contribution >= 4 is 29.9 Å². The molecule has 6 nitrogen and oxygen atoms in total. The number of hydrogen-bond donors (Lipinski definition) is 1. The van der Waals surface area contributed by atoms with Gasteiger partial charge in [0.15, 0.2) is 5.96 Å². The molecule has 2 aliphatic heterocycles. The Hall–Kier alpha value is -0.900. The van der Waals surface area contributed by atoms with Crippen LogP contribution in [0.2, 0.25) is 0 Å². The van der Waals surface area contributed by atoms with Crippen LogP contribution >= 0.6 is 24.0 Å². The van der Waals surface area contributed by atoms with Crippen molar-refractivity contribution in [2.75, 3.05) is 46.9 Å². The second-order valence-corrected chi connectivity index (χ2v) is 8.56. The summed E-state index contributed by atoms with van der Waals surface area (Å²) in [7, 11) is 4.03. The molecule has 0 bridgehead atoms. The fraction of sp³-hybridized carbons (Fsp3) is 0.708. The van der Waals surface area contributed by atoms with Crippen LogP contribution < -0.4 is 5.32 Å². The number of benzene rings is 1. The largest absolute Gasteiger partial charge is 0.376 e. The van der Waals surface area contributed by atoms with Gasteiger partial charge in [-0.05, 0) is 56.8 Å². The number of halogens is 1. The zero-order valence-corrected chi connectivity index (χ0v) is 21.8. The first kappa shape index (κ1) is 26.4. The van der Waals surface area contributed by atoms with E-state index in [1.54, 1.807) is 0 Å². The number of piperidine rings is 1. The van der Waals surface area contributed by atoms with E-state index in [1.165, 1.54) is 24.0 Å². The summed E-state index contributed by atoms with van der Waals surface area (Å²) in [4.78, 5) is 9.19. The van der Waals surface area contributed by atoms with E-state index < -0.39 is 0 Å². The molecule has 0 radical (unpaired) electrons. The number of ether oxygens (including phenoxy) is 2. The highest BCUT2D eigenvalue weighted by molar-refractivity contribution is 14.0. The van der Waals surface area contributed by atoms with Crippen molar-refractivity contribution in [2.45, 2.75) is 64.3 Å². The number of aliphatic imine (C=N–C) groups is 1. The average Bonchev–Trinajstić information content (AvgIpc) is 2.79. The maximum absolute atomic E-state index is 6.15. The summed E-state index contributed by atoms with van der Waals surface area (Å²) in [5.74, 6) is 0.986. The second kappa shape index (κ2) is 14.3. The van der Waals surface area contributed by atoms with Crippen molar-refractivity contribution in [2.24, 2.45) is 4.99 Å². The van der Waals surface area contributed by atoms with Gasteiger partial charge < -0.3 is 24.6 Å². The van der Waals surface area contributed by atoms with Gasteiger partial charge in [-0.2, -0.15) is 0 Å². The van der Waals surface area contributed by atoms with E-state index in [4.69, 9.17) is 9.47 Å². The fourth-order valence-corrected chi connectivity index (χ4v) is 4.19. The fourth-order valence-electron chi connectivity index (χ4n) is 4.19. The van der Waals surface area contributed by atoms with E-state index in [2.05, 4.69) is 58.3 Å². The van der Waals surface area contributed by atoms with E-state index in [9.17, 15) is 0 Å². The molecule has 1 atom stereocenters. The second-order valence-electron chi connectivity index (χ2n) is 8.56. The van der Waals surface area contributed by atoms with E-state index in [0.717, 1.165) is 71.2 Å². The molecule has 176 valence electrons. The van der Waals surface area contributed by atoms with Crippen molar-refractivity contribution in [1.82, 2.24) is 15.1 Å². The standard InChI is InChI=1S/C24H40N4O2.HI/c1-4-27(3)18-21-9-7-8-20(16-21)17-26-24(25-2)28-13-11-22(12-14-28)30-19-23-10-5-6-15-29-23;/h7-9,16,22-23H,4-6,10-15,17-19H2,1-3H3,(H,25,26);1H. The SMILES string of the molecule is CCN(C)Cc1cccc(CNC(=NC)N2CCC(OCC3CCCCO3)CC2)c1.I. The topological polar surface area (TPSA) is 49.3 Å². The van der Waals surface area contributed by atoms with E-state index >= 15 is 0 Å². The molecule has 2 heterocycles. The third-order valence-electron chi connectivity index (χ3n) is 6.18. The Morgan fingerprint density at radius 1 is 1.23 bits per heavy atom. The quantitative estimate of drug-likeness (QED) is 0.306. The molecule has 0 aliphatic carbocycles. The van der Waals surface area contributed by atoms with Gasteiger partial charge in [-0.15, -0.1) is 24.0 Å².